The van der Waals surface area contributed by atoms with Gasteiger partial charge in [0.05, 0.1) is 19.6 Å². The molecular weight excluding hydrogens is 174 g/mol. The molecule has 0 aliphatic carbocycles. The summed E-state index contributed by atoms with van der Waals surface area (Å²) < 4.78 is 0.855. The van der Waals surface area contributed by atoms with Gasteiger partial charge >= 0.3 is 0 Å². The van der Waals surface area contributed by atoms with E-state index in [1.165, 1.54) is 38.8 Å². The number of nitrogens with zero attached hydrogens (tertiary/aromatic N) is 1. The molecule has 0 atom stereocenters. The molecule has 0 unspecified atom stereocenters. The van der Waals surface area contributed by atoms with Crippen molar-refractivity contribution in [2.45, 2.75) is 45.1 Å². The molecule has 2 aliphatic heterocycles. The molecule has 3 heteroatoms. The molecule has 3 nitrogen and oxygen atoms in total. The van der Waals surface area contributed by atoms with E-state index >= 15 is 0 Å². The highest BCUT2D eigenvalue weighted by atomic mass is 15.6. The van der Waals surface area contributed by atoms with Crippen molar-refractivity contribution < 1.29 is 4.59 Å². The summed E-state index contributed by atoms with van der Waals surface area (Å²) in [4.78, 5) is 0. The zero-order valence-electron chi connectivity index (χ0n) is 9.97. The summed E-state index contributed by atoms with van der Waals surface area (Å²) in [5, 5.41) is 3.30. The van der Waals surface area contributed by atoms with Crippen LogP contribution in [0.1, 0.15) is 39.5 Å². The summed E-state index contributed by atoms with van der Waals surface area (Å²) in [7, 11) is 2.04. The van der Waals surface area contributed by atoms with E-state index in [-0.39, 0.29) is 0 Å². The van der Waals surface area contributed by atoms with Gasteiger partial charge < -0.3 is 5.32 Å². The second-order valence-electron chi connectivity index (χ2n) is 4.44. The molecule has 2 saturated heterocycles. The van der Waals surface area contributed by atoms with Gasteiger partial charge in [-0.05, 0) is 7.05 Å². The van der Waals surface area contributed by atoms with Crippen LogP contribution in [0.3, 0.4) is 0 Å². The summed E-state index contributed by atoms with van der Waals surface area (Å²) >= 11 is 0. The summed E-state index contributed by atoms with van der Waals surface area (Å²) in [5.41, 5.74) is 0.398. The largest absolute Gasteiger partial charge is 0.314 e. The van der Waals surface area contributed by atoms with E-state index in [0.717, 1.165) is 11.1 Å². The lowest BCUT2D eigenvalue weighted by molar-refractivity contribution is -0.961. The smallest absolute Gasteiger partial charge is 0.129 e. The number of rotatable bonds is 2. The summed E-state index contributed by atoms with van der Waals surface area (Å²) in [6.45, 7) is 7.49. The van der Waals surface area contributed by atoms with E-state index in [2.05, 4.69) is 5.32 Å². The third-order valence-corrected chi connectivity index (χ3v) is 3.85. The fraction of sp³-hybridized carbons (Fsp3) is 1.00. The molecule has 0 bridgehead atoms. The topological polar surface area (TPSA) is 38.0 Å². The van der Waals surface area contributed by atoms with Crippen LogP contribution in [0.2, 0.25) is 0 Å². The van der Waals surface area contributed by atoms with Crippen molar-refractivity contribution in [3.63, 3.8) is 0 Å². The van der Waals surface area contributed by atoms with Gasteiger partial charge in [-0.1, -0.05) is 13.8 Å². The second kappa shape index (κ2) is 4.60. The van der Waals surface area contributed by atoms with Crippen LogP contribution in [0.25, 0.3) is 0 Å². The third-order valence-electron chi connectivity index (χ3n) is 3.85. The van der Waals surface area contributed by atoms with Crippen LogP contribution < -0.4 is 11.2 Å². The number of nitrogens with one attached hydrogen (secondary N) is 1. The molecular formula is C11H26N3+. The molecule has 2 aliphatic rings. The first-order valence-corrected chi connectivity index (χ1v) is 6.03. The molecule has 3 N–H and O–H groups in total. The van der Waals surface area contributed by atoms with Crippen LogP contribution in [0.5, 0.6) is 0 Å². The van der Waals surface area contributed by atoms with E-state index in [0.29, 0.717) is 5.54 Å². The standard InChI is InChI=1S/C9H20N3.C2H6/c1-11-8-9-4-2-6-12(9,10)7-3-5-9;1-2/h11H,2-8,10H2,1H3;1-2H3/q+1;. The highest BCUT2D eigenvalue weighted by Crippen LogP contribution is 2.42. The van der Waals surface area contributed by atoms with Crippen molar-refractivity contribution in [1.82, 2.24) is 5.32 Å². The van der Waals surface area contributed by atoms with Crippen molar-refractivity contribution >= 4 is 0 Å². The minimum Gasteiger partial charge on any atom is -0.314 e. The molecule has 2 rings (SSSR count). The van der Waals surface area contributed by atoms with E-state index < -0.39 is 0 Å². The lowest BCUT2D eigenvalue weighted by atomic mass is 9.94. The lowest BCUT2D eigenvalue weighted by Crippen LogP contribution is -2.64. The first-order chi connectivity index (χ1) is 6.72. The average molecular weight is 200 g/mol. The summed E-state index contributed by atoms with van der Waals surface area (Å²) in [5.74, 6) is 6.38. The fourth-order valence-electron chi connectivity index (χ4n) is 3.20. The van der Waals surface area contributed by atoms with Gasteiger partial charge in [-0.3, -0.25) is 0 Å². The molecule has 0 aromatic carbocycles. The molecule has 2 fully saturated rings. The molecule has 0 saturated carbocycles. The van der Waals surface area contributed by atoms with Gasteiger partial charge in [0.15, 0.2) is 0 Å². The van der Waals surface area contributed by atoms with Crippen molar-refractivity contribution in [3.05, 3.63) is 0 Å². The zero-order valence-corrected chi connectivity index (χ0v) is 9.97. The maximum Gasteiger partial charge on any atom is 0.129 e. The molecule has 0 spiro atoms. The highest BCUT2D eigenvalue weighted by molar-refractivity contribution is 4.91. The van der Waals surface area contributed by atoms with Crippen molar-refractivity contribution in [2.75, 3.05) is 26.7 Å². The minimum atomic E-state index is 0.398. The first-order valence-electron chi connectivity index (χ1n) is 6.03. The molecule has 0 aromatic rings. The van der Waals surface area contributed by atoms with Crippen LogP contribution in [0.15, 0.2) is 0 Å². The highest BCUT2D eigenvalue weighted by Gasteiger charge is 2.56. The maximum atomic E-state index is 6.38. The van der Waals surface area contributed by atoms with Crippen LogP contribution in [-0.4, -0.2) is 36.8 Å². The lowest BCUT2D eigenvalue weighted by Gasteiger charge is -2.38. The van der Waals surface area contributed by atoms with E-state index in [9.17, 15) is 0 Å². The second-order valence-corrected chi connectivity index (χ2v) is 4.44. The Kier molecular flexibility index (Phi) is 3.93. The number of nitrogens with two attached hydrogens (primary N) is 1. The number of quaternary nitrogens is 1. The van der Waals surface area contributed by atoms with Gasteiger partial charge in [-0.15, -0.1) is 0 Å². The van der Waals surface area contributed by atoms with Gasteiger partial charge in [0.25, 0.3) is 0 Å². The van der Waals surface area contributed by atoms with Crippen molar-refractivity contribution in [2.24, 2.45) is 5.84 Å². The number of fused-ring (bicyclic) bond motifs is 1. The Balaban J connectivity index is 0.000000461. The first kappa shape index (κ1) is 12.0. The summed E-state index contributed by atoms with van der Waals surface area (Å²) in [6.07, 6.45) is 5.28. The third kappa shape index (κ3) is 1.69. The molecule has 2 heterocycles. The Hall–Kier alpha value is -0.120. The van der Waals surface area contributed by atoms with Gasteiger partial charge in [-0.2, -0.15) is 5.84 Å². The number of hydrogen-bond acceptors (Lipinski definition) is 2. The molecule has 84 valence electrons. The van der Waals surface area contributed by atoms with Crippen molar-refractivity contribution in [3.8, 4) is 0 Å². The van der Waals surface area contributed by atoms with Crippen LogP contribution >= 0.6 is 0 Å². The Morgan fingerprint density at radius 2 is 1.71 bits per heavy atom. The number of likely N-dealkylation sites (N-methyl/N-ethyl adjacent to an activating group) is 1. The van der Waals surface area contributed by atoms with Gasteiger partial charge in [0.1, 0.15) is 5.54 Å². The normalized spacial score (nSPS) is 40.3. The van der Waals surface area contributed by atoms with Gasteiger partial charge in [-0.25, -0.2) is 4.59 Å². The van der Waals surface area contributed by atoms with E-state index in [4.69, 9.17) is 5.84 Å². The van der Waals surface area contributed by atoms with Crippen LogP contribution in [-0.2, 0) is 0 Å². The quantitative estimate of drug-likeness (QED) is 0.520. The van der Waals surface area contributed by atoms with E-state index in [1.54, 1.807) is 0 Å². The number of hydrogen-bond donors (Lipinski definition) is 2. The Morgan fingerprint density at radius 1 is 1.21 bits per heavy atom. The predicted octanol–water partition coefficient (Wildman–Crippen LogP) is 1.25. The van der Waals surface area contributed by atoms with Gasteiger partial charge in [0, 0.05) is 25.7 Å². The van der Waals surface area contributed by atoms with Gasteiger partial charge in [0.2, 0.25) is 0 Å². The Bertz CT molecular complexity index is 169. The Labute approximate surface area is 88.2 Å². The summed E-state index contributed by atoms with van der Waals surface area (Å²) in [6, 6.07) is 0. The minimum absolute atomic E-state index is 0.398. The SMILES string of the molecule is CC.CNCC12CCC[N+]1(N)CCC2. The molecule has 14 heavy (non-hydrogen) atoms. The Morgan fingerprint density at radius 3 is 2.14 bits per heavy atom. The fourth-order valence-corrected chi connectivity index (χ4v) is 3.20. The van der Waals surface area contributed by atoms with Crippen LogP contribution in [0.4, 0.5) is 0 Å². The molecule has 0 aromatic heterocycles. The average Bonchev–Trinajstić information content (AvgIpc) is 2.62. The maximum absolute atomic E-state index is 6.38. The molecule has 0 radical (unpaired) electrons. The van der Waals surface area contributed by atoms with Crippen molar-refractivity contribution in [1.29, 1.82) is 0 Å². The van der Waals surface area contributed by atoms with Crippen LogP contribution in [0, 0.1) is 0 Å². The monoisotopic (exact) mass is 200 g/mol. The zero-order chi connectivity index (χ0) is 10.7. The predicted molar refractivity (Wildman–Crippen MR) is 60.7 cm³/mol. The van der Waals surface area contributed by atoms with E-state index in [1.807, 2.05) is 20.9 Å². The molecule has 0 amide bonds.